The third-order valence-corrected chi connectivity index (χ3v) is 3.23. The average Bonchev–Trinajstić information content (AvgIpc) is 2.05. The van der Waals surface area contributed by atoms with Crippen molar-refractivity contribution >= 4 is 0 Å². The van der Waals surface area contributed by atoms with Gasteiger partial charge in [-0.3, -0.25) is 0 Å². The van der Waals surface area contributed by atoms with Crippen LogP contribution in [-0.2, 0) is 0 Å². The van der Waals surface area contributed by atoms with Crippen LogP contribution >= 0.6 is 0 Å². The molecule has 0 aromatic heterocycles. The van der Waals surface area contributed by atoms with Gasteiger partial charge in [-0.15, -0.1) is 0 Å². The van der Waals surface area contributed by atoms with Crippen molar-refractivity contribution in [1.29, 1.82) is 0 Å². The lowest BCUT2D eigenvalue weighted by Gasteiger charge is -2.38. The molecule has 12 heavy (non-hydrogen) atoms. The highest BCUT2D eigenvalue weighted by molar-refractivity contribution is 4.82. The van der Waals surface area contributed by atoms with E-state index < -0.39 is 0 Å². The molecule has 0 unspecified atom stereocenters. The third-order valence-electron chi connectivity index (χ3n) is 3.23. The Labute approximate surface area is 75.6 Å². The fourth-order valence-electron chi connectivity index (χ4n) is 1.92. The van der Waals surface area contributed by atoms with Crippen LogP contribution in [0.25, 0.3) is 0 Å². The second-order valence-electron chi connectivity index (χ2n) is 4.72. The van der Waals surface area contributed by atoms with Gasteiger partial charge in [-0.2, -0.15) is 0 Å². The third kappa shape index (κ3) is 2.20. The van der Waals surface area contributed by atoms with Gasteiger partial charge < -0.3 is 10.0 Å². The van der Waals surface area contributed by atoms with E-state index in [0.29, 0.717) is 12.5 Å². The van der Waals surface area contributed by atoms with E-state index in [1.165, 1.54) is 25.9 Å². The van der Waals surface area contributed by atoms with Crippen LogP contribution in [0.1, 0.15) is 26.7 Å². The molecular formula is C10H21NO. The van der Waals surface area contributed by atoms with Crippen molar-refractivity contribution in [2.75, 3.05) is 26.7 Å². The number of aliphatic hydroxyl groups is 1. The second-order valence-corrected chi connectivity index (χ2v) is 4.72. The number of aliphatic hydroxyl groups excluding tert-OH is 1. The van der Waals surface area contributed by atoms with Crippen molar-refractivity contribution in [3.05, 3.63) is 0 Å². The van der Waals surface area contributed by atoms with Gasteiger partial charge in [0, 0.05) is 6.61 Å². The van der Waals surface area contributed by atoms with Crippen LogP contribution in [0.4, 0.5) is 0 Å². The number of rotatable bonds is 2. The summed E-state index contributed by atoms with van der Waals surface area (Å²) in [6.45, 7) is 7.04. The fraction of sp³-hybridized carbons (Fsp3) is 1.00. The molecular weight excluding hydrogens is 150 g/mol. The smallest absolute Gasteiger partial charge is 0.0484 e. The molecule has 0 atom stereocenters. The van der Waals surface area contributed by atoms with Gasteiger partial charge >= 0.3 is 0 Å². The van der Waals surface area contributed by atoms with Crippen LogP contribution in [0.5, 0.6) is 0 Å². The molecule has 1 rings (SSSR count). The highest BCUT2D eigenvalue weighted by Gasteiger charge is 2.30. The normalized spacial score (nSPS) is 23.0. The largest absolute Gasteiger partial charge is 0.396 e. The predicted molar refractivity (Wildman–Crippen MR) is 51.1 cm³/mol. The molecule has 72 valence electrons. The van der Waals surface area contributed by atoms with E-state index in [2.05, 4.69) is 25.8 Å². The molecule has 1 aliphatic rings. The molecule has 0 aromatic carbocycles. The molecule has 1 aliphatic heterocycles. The summed E-state index contributed by atoms with van der Waals surface area (Å²) < 4.78 is 0. The summed E-state index contributed by atoms with van der Waals surface area (Å²) in [4.78, 5) is 2.37. The summed E-state index contributed by atoms with van der Waals surface area (Å²) in [5.74, 6) is 0.707. The number of hydrogen-bond acceptors (Lipinski definition) is 2. The molecule has 2 nitrogen and oxygen atoms in total. The van der Waals surface area contributed by atoms with Crippen molar-refractivity contribution in [1.82, 2.24) is 4.90 Å². The number of likely N-dealkylation sites (tertiary alicyclic amines) is 1. The minimum Gasteiger partial charge on any atom is -0.396 e. The first-order chi connectivity index (χ1) is 5.56. The topological polar surface area (TPSA) is 23.5 Å². The molecule has 0 saturated carbocycles. The molecule has 0 radical (unpaired) electrons. The van der Waals surface area contributed by atoms with Crippen LogP contribution in [0.15, 0.2) is 0 Å². The second kappa shape index (κ2) is 3.75. The van der Waals surface area contributed by atoms with Crippen LogP contribution < -0.4 is 0 Å². The minimum absolute atomic E-state index is 0.126. The van der Waals surface area contributed by atoms with E-state index in [1.807, 2.05) is 0 Å². The van der Waals surface area contributed by atoms with Crippen LogP contribution in [0.2, 0.25) is 0 Å². The summed E-state index contributed by atoms with van der Waals surface area (Å²) >= 11 is 0. The molecule has 0 spiro atoms. The Morgan fingerprint density at radius 3 is 2.25 bits per heavy atom. The minimum atomic E-state index is 0.126. The van der Waals surface area contributed by atoms with Crippen LogP contribution in [0, 0.1) is 11.3 Å². The molecule has 1 heterocycles. The molecule has 1 N–H and O–H groups in total. The summed E-state index contributed by atoms with van der Waals surface area (Å²) in [5, 5.41) is 9.20. The van der Waals surface area contributed by atoms with Gasteiger partial charge in [0.25, 0.3) is 0 Å². The van der Waals surface area contributed by atoms with Gasteiger partial charge in [-0.1, -0.05) is 13.8 Å². The first-order valence-corrected chi connectivity index (χ1v) is 4.85. The zero-order chi connectivity index (χ0) is 9.19. The van der Waals surface area contributed by atoms with Crippen LogP contribution in [-0.4, -0.2) is 36.8 Å². The summed E-state index contributed by atoms with van der Waals surface area (Å²) in [6.07, 6.45) is 2.48. The Morgan fingerprint density at radius 1 is 1.33 bits per heavy atom. The van der Waals surface area contributed by atoms with E-state index in [0.717, 1.165) is 0 Å². The van der Waals surface area contributed by atoms with E-state index >= 15 is 0 Å². The lowest BCUT2D eigenvalue weighted by Crippen LogP contribution is -2.38. The molecule has 1 fully saturated rings. The molecule has 1 saturated heterocycles. The zero-order valence-corrected chi connectivity index (χ0v) is 8.51. The maximum Gasteiger partial charge on any atom is 0.0484 e. The number of nitrogens with zero attached hydrogens (tertiary/aromatic N) is 1. The zero-order valence-electron chi connectivity index (χ0n) is 8.51. The van der Waals surface area contributed by atoms with Gasteiger partial charge in [0.05, 0.1) is 0 Å². The molecule has 0 aliphatic carbocycles. The Balaban J connectivity index is 2.44. The van der Waals surface area contributed by atoms with E-state index in [1.54, 1.807) is 0 Å². The number of hydrogen-bond donors (Lipinski definition) is 1. The van der Waals surface area contributed by atoms with E-state index in [9.17, 15) is 5.11 Å². The monoisotopic (exact) mass is 171 g/mol. The van der Waals surface area contributed by atoms with Gasteiger partial charge in [0.15, 0.2) is 0 Å². The molecule has 0 bridgehead atoms. The highest BCUT2D eigenvalue weighted by atomic mass is 16.3. The predicted octanol–water partition coefficient (Wildman–Crippen LogP) is 1.35. The maximum absolute atomic E-state index is 9.20. The molecule has 0 amide bonds. The Kier molecular flexibility index (Phi) is 3.13. The number of piperidine rings is 1. The standard InChI is InChI=1S/C10H21NO/c1-10(2,8-12)9-4-6-11(3)7-5-9/h9,12H,4-8H2,1-3H3. The van der Waals surface area contributed by atoms with Crippen molar-refractivity contribution in [3.63, 3.8) is 0 Å². The van der Waals surface area contributed by atoms with Gasteiger partial charge in [-0.05, 0) is 44.3 Å². The van der Waals surface area contributed by atoms with Crippen molar-refractivity contribution in [2.24, 2.45) is 11.3 Å². The molecule has 0 aromatic rings. The van der Waals surface area contributed by atoms with E-state index in [-0.39, 0.29) is 5.41 Å². The van der Waals surface area contributed by atoms with Gasteiger partial charge in [-0.25, -0.2) is 0 Å². The fourth-order valence-corrected chi connectivity index (χ4v) is 1.92. The summed E-state index contributed by atoms with van der Waals surface area (Å²) in [5.41, 5.74) is 0.126. The Bertz CT molecular complexity index is 137. The lowest BCUT2D eigenvalue weighted by molar-refractivity contribution is 0.0555. The summed E-state index contributed by atoms with van der Waals surface area (Å²) in [6, 6.07) is 0. The highest BCUT2D eigenvalue weighted by Crippen LogP contribution is 2.33. The Morgan fingerprint density at radius 2 is 1.83 bits per heavy atom. The Hall–Kier alpha value is -0.0800. The van der Waals surface area contributed by atoms with Gasteiger partial charge in [0.1, 0.15) is 0 Å². The quantitative estimate of drug-likeness (QED) is 0.678. The van der Waals surface area contributed by atoms with E-state index in [4.69, 9.17) is 0 Å². The SMILES string of the molecule is CN1CCC(C(C)(C)CO)CC1. The van der Waals surface area contributed by atoms with Crippen molar-refractivity contribution in [3.8, 4) is 0 Å². The molecule has 2 heteroatoms. The lowest BCUT2D eigenvalue weighted by atomic mass is 9.74. The van der Waals surface area contributed by atoms with Crippen molar-refractivity contribution in [2.45, 2.75) is 26.7 Å². The first-order valence-electron chi connectivity index (χ1n) is 4.85. The summed E-state index contributed by atoms with van der Waals surface area (Å²) in [7, 11) is 2.17. The van der Waals surface area contributed by atoms with Gasteiger partial charge in [0.2, 0.25) is 0 Å². The first kappa shape index (κ1) is 10.0. The van der Waals surface area contributed by atoms with Crippen molar-refractivity contribution < 1.29 is 5.11 Å². The maximum atomic E-state index is 9.20. The average molecular weight is 171 g/mol. The van der Waals surface area contributed by atoms with Crippen LogP contribution in [0.3, 0.4) is 0 Å².